The molecular weight excluding hydrogens is 177 g/mol. The van der Waals surface area contributed by atoms with E-state index in [1.807, 2.05) is 30.3 Å². The molecule has 0 aromatic heterocycles. The molecule has 0 bridgehead atoms. The van der Waals surface area contributed by atoms with Crippen LogP contribution in [0.25, 0.3) is 0 Å². The van der Waals surface area contributed by atoms with Gasteiger partial charge in [0.2, 0.25) is 0 Å². The number of rotatable bonds is 3. The van der Waals surface area contributed by atoms with Crippen molar-refractivity contribution in [3.8, 4) is 11.8 Å². The monoisotopic (exact) mass is 191 g/mol. The molecule has 0 saturated heterocycles. The fourth-order valence-corrected chi connectivity index (χ4v) is 1.22. The Labute approximate surface area is 84.1 Å². The SMILES string of the molecule is CC#CC(N)C(F)Cc1ccccc1. The van der Waals surface area contributed by atoms with Crippen molar-refractivity contribution in [2.24, 2.45) is 5.73 Å². The second-order valence-corrected chi connectivity index (χ2v) is 3.13. The molecule has 0 heterocycles. The summed E-state index contributed by atoms with van der Waals surface area (Å²) in [4.78, 5) is 0. The van der Waals surface area contributed by atoms with Gasteiger partial charge in [0.25, 0.3) is 0 Å². The van der Waals surface area contributed by atoms with Gasteiger partial charge in [0.15, 0.2) is 0 Å². The van der Waals surface area contributed by atoms with Crippen molar-refractivity contribution in [3.05, 3.63) is 35.9 Å². The van der Waals surface area contributed by atoms with Gasteiger partial charge in [-0.25, -0.2) is 4.39 Å². The number of halogens is 1. The van der Waals surface area contributed by atoms with Gasteiger partial charge in [-0.1, -0.05) is 36.3 Å². The van der Waals surface area contributed by atoms with E-state index in [-0.39, 0.29) is 0 Å². The molecule has 0 fully saturated rings. The first-order valence-electron chi connectivity index (χ1n) is 4.60. The van der Waals surface area contributed by atoms with Gasteiger partial charge in [0.1, 0.15) is 6.17 Å². The minimum absolute atomic E-state index is 0.330. The number of hydrogen-bond donors (Lipinski definition) is 1. The quantitative estimate of drug-likeness (QED) is 0.726. The van der Waals surface area contributed by atoms with Crippen LogP contribution in [0.4, 0.5) is 4.39 Å². The third kappa shape index (κ3) is 3.20. The molecule has 0 radical (unpaired) electrons. The van der Waals surface area contributed by atoms with E-state index in [1.54, 1.807) is 6.92 Å². The van der Waals surface area contributed by atoms with Gasteiger partial charge in [-0.2, -0.15) is 0 Å². The summed E-state index contributed by atoms with van der Waals surface area (Å²) >= 11 is 0. The maximum absolute atomic E-state index is 13.4. The molecule has 14 heavy (non-hydrogen) atoms. The van der Waals surface area contributed by atoms with Crippen molar-refractivity contribution in [3.63, 3.8) is 0 Å². The molecule has 0 spiro atoms. The fourth-order valence-electron chi connectivity index (χ4n) is 1.22. The highest BCUT2D eigenvalue weighted by atomic mass is 19.1. The molecule has 2 atom stereocenters. The standard InChI is InChI=1S/C12H14FN/c1-2-6-12(14)11(13)9-10-7-4-3-5-8-10/h3-5,7-8,11-12H,9,14H2,1H3. The number of alkyl halides is 1. The summed E-state index contributed by atoms with van der Waals surface area (Å²) < 4.78 is 13.4. The summed E-state index contributed by atoms with van der Waals surface area (Å²) in [6.07, 6.45) is -0.763. The summed E-state index contributed by atoms with van der Waals surface area (Å²) in [7, 11) is 0. The number of nitrogens with two attached hydrogens (primary N) is 1. The van der Waals surface area contributed by atoms with Crippen molar-refractivity contribution in [2.45, 2.75) is 25.6 Å². The minimum Gasteiger partial charge on any atom is -0.315 e. The van der Waals surface area contributed by atoms with Gasteiger partial charge < -0.3 is 5.73 Å². The van der Waals surface area contributed by atoms with Crippen molar-refractivity contribution < 1.29 is 4.39 Å². The van der Waals surface area contributed by atoms with E-state index in [0.29, 0.717) is 6.42 Å². The summed E-state index contributed by atoms with van der Waals surface area (Å²) in [6, 6.07) is 8.78. The van der Waals surface area contributed by atoms with E-state index in [0.717, 1.165) is 5.56 Å². The molecule has 2 heteroatoms. The first-order chi connectivity index (χ1) is 6.74. The van der Waals surface area contributed by atoms with Crippen LogP contribution in [-0.4, -0.2) is 12.2 Å². The molecule has 1 aromatic rings. The third-order valence-electron chi connectivity index (χ3n) is 1.97. The van der Waals surface area contributed by atoms with Crippen LogP contribution in [0.15, 0.2) is 30.3 Å². The Morgan fingerprint density at radius 1 is 1.36 bits per heavy atom. The van der Waals surface area contributed by atoms with Crippen LogP contribution < -0.4 is 5.73 Å². The summed E-state index contributed by atoms with van der Waals surface area (Å²) in [5.41, 5.74) is 6.48. The van der Waals surface area contributed by atoms with Crippen LogP contribution in [0.5, 0.6) is 0 Å². The predicted molar refractivity (Wildman–Crippen MR) is 56.5 cm³/mol. The lowest BCUT2D eigenvalue weighted by Gasteiger charge is -2.10. The van der Waals surface area contributed by atoms with E-state index < -0.39 is 12.2 Å². The highest BCUT2D eigenvalue weighted by Gasteiger charge is 2.14. The highest BCUT2D eigenvalue weighted by molar-refractivity contribution is 5.17. The molecule has 1 nitrogen and oxygen atoms in total. The summed E-state index contributed by atoms with van der Waals surface area (Å²) in [5.74, 6) is 5.24. The molecule has 74 valence electrons. The lowest BCUT2D eigenvalue weighted by molar-refractivity contribution is 0.310. The number of benzene rings is 1. The maximum atomic E-state index is 13.4. The van der Waals surface area contributed by atoms with Gasteiger partial charge in [0.05, 0.1) is 6.04 Å². The van der Waals surface area contributed by atoms with Gasteiger partial charge in [0, 0.05) is 6.42 Å². The second kappa shape index (κ2) is 5.41. The Morgan fingerprint density at radius 2 is 2.00 bits per heavy atom. The van der Waals surface area contributed by atoms with E-state index in [4.69, 9.17) is 5.73 Å². The largest absolute Gasteiger partial charge is 0.315 e. The Kier molecular flexibility index (Phi) is 4.15. The van der Waals surface area contributed by atoms with E-state index in [1.165, 1.54) is 0 Å². The number of hydrogen-bond acceptors (Lipinski definition) is 1. The first kappa shape index (κ1) is 10.7. The van der Waals surface area contributed by atoms with Gasteiger partial charge in [-0.15, -0.1) is 5.92 Å². The van der Waals surface area contributed by atoms with E-state index in [2.05, 4.69) is 11.8 Å². The van der Waals surface area contributed by atoms with Crippen LogP contribution >= 0.6 is 0 Å². The van der Waals surface area contributed by atoms with Crippen molar-refractivity contribution in [1.29, 1.82) is 0 Å². The predicted octanol–water partition coefficient (Wildman–Crippen LogP) is 1.92. The molecule has 0 aliphatic carbocycles. The first-order valence-corrected chi connectivity index (χ1v) is 4.60. The molecule has 0 saturated carbocycles. The summed E-state index contributed by atoms with van der Waals surface area (Å²) in [6.45, 7) is 1.66. The zero-order chi connectivity index (χ0) is 10.4. The Bertz CT molecular complexity index is 323. The van der Waals surface area contributed by atoms with E-state index >= 15 is 0 Å². The Balaban J connectivity index is 2.55. The fraction of sp³-hybridized carbons (Fsp3) is 0.333. The molecule has 0 amide bonds. The van der Waals surface area contributed by atoms with Crippen molar-refractivity contribution >= 4 is 0 Å². The molecular formula is C12H14FN. The average Bonchev–Trinajstić information content (AvgIpc) is 2.19. The molecule has 1 rings (SSSR count). The van der Waals surface area contributed by atoms with Crippen LogP contribution in [0.2, 0.25) is 0 Å². The maximum Gasteiger partial charge on any atom is 0.130 e. The molecule has 0 aliphatic heterocycles. The molecule has 1 aromatic carbocycles. The van der Waals surface area contributed by atoms with Crippen LogP contribution in [0, 0.1) is 11.8 Å². The zero-order valence-corrected chi connectivity index (χ0v) is 8.20. The van der Waals surface area contributed by atoms with Gasteiger partial charge >= 0.3 is 0 Å². The lowest BCUT2D eigenvalue weighted by Crippen LogP contribution is -2.31. The van der Waals surface area contributed by atoms with Crippen molar-refractivity contribution in [2.75, 3.05) is 0 Å². The molecule has 2 N–H and O–H groups in total. The van der Waals surface area contributed by atoms with Crippen LogP contribution in [-0.2, 0) is 6.42 Å². The average molecular weight is 191 g/mol. The molecule has 2 unspecified atom stereocenters. The Hall–Kier alpha value is -1.33. The topological polar surface area (TPSA) is 26.0 Å². The van der Waals surface area contributed by atoms with Crippen molar-refractivity contribution in [1.82, 2.24) is 0 Å². The minimum atomic E-state index is -1.09. The van der Waals surface area contributed by atoms with Gasteiger partial charge in [-0.3, -0.25) is 0 Å². The highest BCUT2D eigenvalue weighted by Crippen LogP contribution is 2.07. The normalized spacial score (nSPS) is 13.9. The lowest BCUT2D eigenvalue weighted by atomic mass is 10.0. The summed E-state index contributed by atoms with van der Waals surface area (Å²) in [5, 5.41) is 0. The second-order valence-electron chi connectivity index (χ2n) is 3.13. The molecule has 0 aliphatic rings. The Morgan fingerprint density at radius 3 is 2.57 bits per heavy atom. The third-order valence-corrected chi connectivity index (χ3v) is 1.97. The van der Waals surface area contributed by atoms with Crippen LogP contribution in [0.3, 0.4) is 0 Å². The smallest absolute Gasteiger partial charge is 0.130 e. The van der Waals surface area contributed by atoms with Crippen LogP contribution in [0.1, 0.15) is 12.5 Å². The van der Waals surface area contributed by atoms with E-state index in [9.17, 15) is 4.39 Å². The zero-order valence-electron chi connectivity index (χ0n) is 8.20. The van der Waals surface area contributed by atoms with Gasteiger partial charge in [-0.05, 0) is 12.5 Å².